The highest BCUT2D eigenvalue weighted by Gasteiger charge is 2.15. The van der Waals surface area contributed by atoms with E-state index in [1.165, 1.54) is 49.8 Å². The van der Waals surface area contributed by atoms with Crippen LogP contribution in [-0.4, -0.2) is 30.6 Å². The molecule has 1 atom stereocenters. The molecule has 1 aromatic carbocycles. The Balaban J connectivity index is 1.73. The van der Waals surface area contributed by atoms with Crippen LogP contribution in [0.3, 0.4) is 0 Å². The Morgan fingerprint density at radius 1 is 1.20 bits per heavy atom. The molecule has 3 heteroatoms. The zero-order valence-electron chi connectivity index (χ0n) is 12.7. The molecule has 1 aliphatic carbocycles. The average molecular weight is 278 g/mol. The summed E-state index contributed by atoms with van der Waals surface area (Å²) in [6, 6.07) is 8.01. The van der Waals surface area contributed by atoms with Crippen molar-refractivity contribution in [3.8, 4) is 0 Å². The van der Waals surface area contributed by atoms with Crippen molar-refractivity contribution in [2.24, 2.45) is 0 Å². The van der Waals surface area contributed by atoms with Crippen molar-refractivity contribution in [2.75, 3.05) is 13.6 Å². The third-order valence-electron chi connectivity index (χ3n) is 4.40. The van der Waals surface area contributed by atoms with Crippen molar-refractivity contribution < 1.29 is 4.39 Å². The van der Waals surface area contributed by atoms with Gasteiger partial charge in [-0.2, -0.15) is 0 Å². The summed E-state index contributed by atoms with van der Waals surface area (Å²) in [6.45, 7) is 4.15. The molecule has 0 amide bonds. The molecule has 0 bridgehead atoms. The van der Waals surface area contributed by atoms with Crippen LogP contribution in [0, 0.1) is 5.82 Å². The molecule has 0 radical (unpaired) electrons. The number of benzene rings is 1. The van der Waals surface area contributed by atoms with E-state index in [0.29, 0.717) is 12.1 Å². The summed E-state index contributed by atoms with van der Waals surface area (Å²) in [6.07, 6.45) is 6.80. The zero-order chi connectivity index (χ0) is 14.4. The molecule has 1 N–H and O–H groups in total. The minimum absolute atomic E-state index is 0.164. The van der Waals surface area contributed by atoms with Crippen LogP contribution in [0.4, 0.5) is 4.39 Å². The van der Waals surface area contributed by atoms with Gasteiger partial charge in [0.1, 0.15) is 5.82 Å². The quantitative estimate of drug-likeness (QED) is 0.856. The zero-order valence-corrected chi connectivity index (χ0v) is 12.7. The molecule has 0 spiro atoms. The van der Waals surface area contributed by atoms with Gasteiger partial charge in [0.15, 0.2) is 0 Å². The Morgan fingerprint density at radius 3 is 2.50 bits per heavy atom. The van der Waals surface area contributed by atoms with Gasteiger partial charge in [-0.3, -0.25) is 4.90 Å². The second kappa shape index (κ2) is 7.75. The third-order valence-corrected chi connectivity index (χ3v) is 4.40. The lowest BCUT2D eigenvalue weighted by atomic mass is 9.95. The highest BCUT2D eigenvalue weighted by atomic mass is 19.1. The van der Waals surface area contributed by atoms with Crippen molar-refractivity contribution in [1.82, 2.24) is 10.2 Å². The van der Waals surface area contributed by atoms with Gasteiger partial charge in [0, 0.05) is 25.2 Å². The van der Waals surface area contributed by atoms with E-state index in [4.69, 9.17) is 0 Å². The highest BCUT2D eigenvalue weighted by Crippen LogP contribution is 2.17. The van der Waals surface area contributed by atoms with Gasteiger partial charge >= 0.3 is 0 Å². The molecule has 1 aromatic rings. The third kappa shape index (κ3) is 4.88. The van der Waals surface area contributed by atoms with Gasteiger partial charge in [0.25, 0.3) is 0 Å². The maximum Gasteiger partial charge on any atom is 0.123 e. The van der Waals surface area contributed by atoms with Gasteiger partial charge in [-0.25, -0.2) is 4.39 Å². The lowest BCUT2D eigenvalue weighted by Crippen LogP contribution is -2.42. The molecule has 112 valence electrons. The molecule has 0 aromatic heterocycles. The predicted octanol–water partition coefficient (Wildman–Crippen LogP) is 3.57. The van der Waals surface area contributed by atoms with E-state index < -0.39 is 0 Å². The fourth-order valence-corrected chi connectivity index (χ4v) is 2.83. The Morgan fingerprint density at radius 2 is 1.85 bits per heavy atom. The molecular weight excluding hydrogens is 251 g/mol. The first-order valence-corrected chi connectivity index (χ1v) is 7.83. The van der Waals surface area contributed by atoms with Gasteiger partial charge in [-0.15, -0.1) is 0 Å². The normalized spacial score (nSPS) is 18.4. The van der Waals surface area contributed by atoms with Gasteiger partial charge in [-0.05, 0) is 44.5 Å². The van der Waals surface area contributed by atoms with Gasteiger partial charge in [0.05, 0.1) is 0 Å². The standard InChI is InChI=1S/C17H27FN2/c1-14(12-19-17-6-4-3-5-7-17)20(2)13-15-8-10-16(18)11-9-15/h8-11,14,17,19H,3-7,12-13H2,1-2H3. The van der Waals surface area contributed by atoms with E-state index in [1.807, 2.05) is 12.1 Å². The van der Waals surface area contributed by atoms with Crippen LogP contribution in [0.15, 0.2) is 24.3 Å². The van der Waals surface area contributed by atoms with Crippen LogP contribution < -0.4 is 5.32 Å². The lowest BCUT2D eigenvalue weighted by Gasteiger charge is -2.29. The number of nitrogens with zero attached hydrogens (tertiary/aromatic N) is 1. The molecule has 20 heavy (non-hydrogen) atoms. The summed E-state index contributed by atoms with van der Waals surface area (Å²) in [5.41, 5.74) is 1.17. The van der Waals surface area contributed by atoms with Crippen LogP contribution in [0.5, 0.6) is 0 Å². The van der Waals surface area contributed by atoms with E-state index in [2.05, 4.69) is 24.2 Å². The summed E-state index contributed by atoms with van der Waals surface area (Å²) >= 11 is 0. The van der Waals surface area contributed by atoms with E-state index in [-0.39, 0.29) is 5.82 Å². The van der Waals surface area contributed by atoms with Crippen LogP contribution >= 0.6 is 0 Å². The minimum atomic E-state index is -0.164. The number of hydrogen-bond acceptors (Lipinski definition) is 2. The van der Waals surface area contributed by atoms with E-state index in [0.717, 1.165) is 13.1 Å². The fourth-order valence-electron chi connectivity index (χ4n) is 2.83. The molecule has 0 saturated heterocycles. The topological polar surface area (TPSA) is 15.3 Å². The fraction of sp³-hybridized carbons (Fsp3) is 0.647. The summed E-state index contributed by atoms with van der Waals surface area (Å²) in [4.78, 5) is 2.32. The van der Waals surface area contributed by atoms with Crippen LogP contribution in [-0.2, 0) is 6.54 Å². The summed E-state index contributed by atoms with van der Waals surface area (Å²) in [7, 11) is 2.14. The molecular formula is C17H27FN2. The van der Waals surface area contributed by atoms with Crippen LogP contribution in [0.1, 0.15) is 44.6 Å². The van der Waals surface area contributed by atoms with Crippen molar-refractivity contribution >= 4 is 0 Å². The number of halogens is 1. The van der Waals surface area contributed by atoms with Crippen molar-refractivity contribution in [3.05, 3.63) is 35.6 Å². The Bertz CT molecular complexity index is 384. The van der Waals surface area contributed by atoms with Crippen LogP contribution in [0.2, 0.25) is 0 Å². The summed E-state index contributed by atoms with van der Waals surface area (Å²) in [5.74, 6) is -0.164. The Kier molecular flexibility index (Phi) is 5.99. The second-order valence-electron chi connectivity index (χ2n) is 6.13. The van der Waals surface area contributed by atoms with Crippen molar-refractivity contribution in [1.29, 1.82) is 0 Å². The SMILES string of the molecule is CC(CNC1CCCCC1)N(C)Cc1ccc(F)cc1. The second-order valence-corrected chi connectivity index (χ2v) is 6.13. The maximum absolute atomic E-state index is 12.9. The van der Waals surface area contributed by atoms with Crippen LogP contribution in [0.25, 0.3) is 0 Å². The van der Waals surface area contributed by atoms with E-state index in [9.17, 15) is 4.39 Å². The molecule has 0 heterocycles. The Labute approximate surface area is 122 Å². The van der Waals surface area contributed by atoms with Crippen molar-refractivity contribution in [3.63, 3.8) is 0 Å². The first-order valence-electron chi connectivity index (χ1n) is 7.83. The molecule has 0 aliphatic heterocycles. The Hall–Kier alpha value is -0.930. The molecule has 2 nitrogen and oxygen atoms in total. The predicted molar refractivity (Wildman–Crippen MR) is 82.2 cm³/mol. The first-order chi connectivity index (χ1) is 9.65. The molecule has 1 fully saturated rings. The molecule has 1 unspecified atom stereocenters. The van der Waals surface area contributed by atoms with E-state index >= 15 is 0 Å². The number of likely N-dealkylation sites (N-methyl/N-ethyl adjacent to an activating group) is 1. The van der Waals surface area contributed by atoms with Gasteiger partial charge in [0.2, 0.25) is 0 Å². The van der Waals surface area contributed by atoms with Gasteiger partial charge < -0.3 is 5.32 Å². The average Bonchev–Trinajstić information content (AvgIpc) is 2.48. The largest absolute Gasteiger partial charge is 0.312 e. The number of hydrogen-bond donors (Lipinski definition) is 1. The minimum Gasteiger partial charge on any atom is -0.312 e. The number of nitrogens with one attached hydrogen (secondary N) is 1. The maximum atomic E-state index is 12.9. The van der Waals surface area contributed by atoms with Crippen molar-refractivity contribution in [2.45, 2.75) is 57.7 Å². The smallest absolute Gasteiger partial charge is 0.123 e. The molecule has 2 rings (SSSR count). The van der Waals surface area contributed by atoms with E-state index in [1.54, 1.807) is 0 Å². The lowest BCUT2D eigenvalue weighted by molar-refractivity contribution is 0.230. The number of rotatable bonds is 6. The van der Waals surface area contributed by atoms with Gasteiger partial charge in [-0.1, -0.05) is 31.4 Å². The monoisotopic (exact) mass is 278 g/mol. The molecule has 1 aliphatic rings. The summed E-state index contributed by atoms with van der Waals surface area (Å²) in [5, 5.41) is 3.70. The first kappa shape index (κ1) is 15.5. The molecule has 1 saturated carbocycles. The summed E-state index contributed by atoms with van der Waals surface area (Å²) < 4.78 is 12.9. The highest BCUT2D eigenvalue weighted by molar-refractivity contribution is 5.15.